The lowest BCUT2D eigenvalue weighted by molar-refractivity contribution is 0.224. The monoisotopic (exact) mass is 339 g/mol. The summed E-state index contributed by atoms with van der Waals surface area (Å²) >= 11 is 0. The van der Waals surface area contributed by atoms with Crippen molar-refractivity contribution < 1.29 is 13.6 Å². The maximum atomic E-state index is 5.75. The van der Waals surface area contributed by atoms with Crippen LogP contribution in [0.2, 0.25) is 0 Å². The molecule has 1 atom stereocenters. The molecule has 4 rings (SSSR count). The van der Waals surface area contributed by atoms with Crippen LogP contribution in [0.1, 0.15) is 37.3 Å². The highest BCUT2D eigenvalue weighted by atomic mass is 16.5. The van der Waals surface area contributed by atoms with Gasteiger partial charge in [-0.15, -0.1) is 10.2 Å². The molecule has 25 heavy (non-hydrogen) atoms. The van der Waals surface area contributed by atoms with Crippen molar-refractivity contribution in [2.75, 3.05) is 13.2 Å². The molecule has 3 aromatic rings. The van der Waals surface area contributed by atoms with E-state index in [1.54, 1.807) is 6.26 Å². The smallest absolute Gasteiger partial charge is 0.283 e. The van der Waals surface area contributed by atoms with E-state index in [-0.39, 0.29) is 0 Å². The van der Waals surface area contributed by atoms with Gasteiger partial charge in [-0.05, 0) is 56.1 Å². The van der Waals surface area contributed by atoms with Crippen molar-refractivity contribution in [1.82, 2.24) is 15.1 Å². The van der Waals surface area contributed by atoms with Gasteiger partial charge in [0.15, 0.2) is 5.76 Å². The minimum Gasteiger partial charge on any atom is -0.494 e. The van der Waals surface area contributed by atoms with Crippen LogP contribution in [0.5, 0.6) is 5.75 Å². The van der Waals surface area contributed by atoms with Crippen molar-refractivity contribution in [2.45, 2.75) is 32.4 Å². The lowest BCUT2D eigenvalue weighted by atomic mass is 10.0. The van der Waals surface area contributed by atoms with E-state index in [0.29, 0.717) is 36.7 Å². The van der Waals surface area contributed by atoms with Crippen LogP contribution in [0.25, 0.3) is 11.7 Å². The Hall–Kier alpha value is -2.60. The van der Waals surface area contributed by atoms with Crippen LogP contribution < -0.4 is 4.74 Å². The largest absolute Gasteiger partial charge is 0.494 e. The Morgan fingerprint density at radius 2 is 2.08 bits per heavy atom. The zero-order valence-corrected chi connectivity index (χ0v) is 14.2. The Morgan fingerprint density at radius 1 is 1.20 bits per heavy atom. The van der Waals surface area contributed by atoms with E-state index in [2.05, 4.69) is 27.2 Å². The summed E-state index contributed by atoms with van der Waals surface area (Å²) in [4.78, 5) is 2.38. The number of hydrogen-bond donors (Lipinski definition) is 0. The highest BCUT2D eigenvalue weighted by Crippen LogP contribution is 2.34. The first-order valence-corrected chi connectivity index (χ1v) is 8.66. The normalized spacial score (nSPS) is 17.9. The van der Waals surface area contributed by atoms with Crippen molar-refractivity contribution in [3.05, 3.63) is 54.1 Å². The van der Waals surface area contributed by atoms with Gasteiger partial charge in [0, 0.05) is 6.04 Å². The second-order valence-electron chi connectivity index (χ2n) is 6.11. The van der Waals surface area contributed by atoms with Crippen LogP contribution in [-0.2, 0) is 6.54 Å². The van der Waals surface area contributed by atoms with Crippen LogP contribution in [0.3, 0.4) is 0 Å². The van der Waals surface area contributed by atoms with Gasteiger partial charge >= 0.3 is 0 Å². The number of furan rings is 1. The van der Waals surface area contributed by atoms with E-state index >= 15 is 0 Å². The Morgan fingerprint density at radius 3 is 2.84 bits per heavy atom. The molecule has 1 unspecified atom stereocenters. The van der Waals surface area contributed by atoms with Crippen LogP contribution >= 0.6 is 0 Å². The Kier molecular flexibility index (Phi) is 4.52. The molecule has 0 amide bonds. The minimum atomic E-state index is 0.370. The first-order chi connectivity index (χ1) is 12.3. The van der Waals surface area contributed by atoms with Crippen molar-refractivity contribution >= 4 is 0 Å². The summed E-state index contributed by atoms with van der Waals surface area (Å²) in [6, 6.07) is 12.4. The van der Waals surface area contributed by atoms with Gasteiger partial charge in [0.1, 0.15) is 5.75 Å². The molecule has 2 aromatic heterocycles. The van der Waals surface area contributed by atoms with E-state index in [1.165, 1.54) is 5.56 Å². The molecule has 0 radical (unpaired) electrons. The quantitative estimate of drug-likeness (QED) is 0.674. The first kappa shape index (κ1) is 15.9. The van der Waals surface area contributed by atoms with Crippen LogP contribution in [-0.4, -0.2) is 28.2 Å². The molecule has 6 nitrogen and oxygen atoms in total. The van der Waals surface area contributed by atoms with Crippen molar-refractivity contribution in [3.8, 4) is 17.4 Å². The summed E-state index contributed by atoms with van der Waals surface area (Å²) in [6.45, 7) is 4.35. The van der Waals surface area contributed by atoms with E-state index in [9.17, 15) is 0 Å². The van der Waals surface area contributed by atoms with E-state index in [4.69, 9.17) is 13.6 Å². The third-order valence-corrected chi connectivity index (χ3v) is 4.48. The molecule has 6 heteroatoms. The molecule has 0 N–H and O–H groups in total. The van der Waals surface area contributed by atoms with Gasteiger partial charge in [-0.25, -0.2) is 0 Å². The number of rotatable bonds is 6. The summed E-state index contributed by atoms with van der Waals surface area (Å²) in [5.41, 5.74) is 1.30. The molecule has 0 aliphatic carbocycles. The summed E-state index contributed by atoms with van der Waals surface area (Å²) in [6.07, 6.45) is 3.89. The third-order valence-electron chi connectivity index (χ3n) is 4.48. The Bertz CT molecular complexity index is 796. The van der Waals surface area contributed by atoms with Gasteiger partial charge in [0.25, 0.3) is 5.89 Å². The van der Waals surface area contributed by atoms with Crippen molar-refractivity contribution in [1.29, 1.82) is 0 Å². The molecule has 0 saturated carbocycles. The van der Waals surface area contributed by atoms with Gasteiger partial charge in [-0.3, -0.25) is 4.90 Å². The Labute approximate surface area is 146 Å². The molecular weight excluding hydrogens is 318 g/mol. The second-order valence-corrected chi connectivity index (χ2v) is 6.11. The van der Waals surface area contributed by atoms with Gasteiger partial charge in [0.05, 0.1) is 19.4 Å². The fourth-order valence-corrected chi connectivity index (χ4v) is 3.34. The van der Waals surface area contributed by atoms with Crippen molar-refractivity contribution in [3.63, 3.8) is 0 Å². The number of benzene rings is 1. The Balaban J connectivity index is 1.46. The van der Waals surface area contributed by atoms with Crippen molar-refractivity contribution in [2.24, 2.45) is 0 Å². The molecule has 1 saturated heterocycles. The SMILES string of the molecule is CCOc1ccc(C2CCCN2Cc2nnc(-c3ccco3)o2)cc1. The fourth-order valence-electron chi connectivity index (χ4n) is 3.34. The number of ether oxygens (including phenoxy) is 1. The van der Waals surface area contributed by atoms with Crippen LogP contribution in [0, 0.1) is 0 Å². The number of hydrogen-bond acceptors (Lipinski definition) is 6. The average Bonchev–Trinajstić information content (AvgIpc) is 3.38. The number of likely N-dealkylation sites (tertiary alicyclic amines) is 1. The maximum absolute atomic E-state index is 5.75. The molecule has 1 fully saturated rings. The van der Waals surface area contributed by atoms with Gasteiger partial charge < -0.3 is 13.6 Å². The standard InChI is InChI=1S/C19H21N3O3/c1-2-23-15-9-7-14(8-10-15)16-5-3-11-22(16)13-18-20-21-19(25-18)17-6-4-12-24-17/h4,6-10,12,16H,2-3,5,11,13H2,1H3. The highest BCUT2D eigenvalue weighted by Gasteiger charge is 2.27. The predicted octanol–water partition coefficient (Wildman–Crippen LogP) is 4.07. The fraction of sp³-hybridized carbons (Fsp3) is 0.368. The summed E-state index contributed by atoms with van der Waals surface area (Å²) in [5.74, 6) is 2.56. The van der Waals surface area contributed by atoms with E-state index in [0.717, 1.165) is 25.1 Å². The van der Waals surface area contributed by atoms with E-state index in [1.807, 2.05) is 31.2 Å². The van der Waals surface area contributed by atoms with Crippen LogP contribution in [0.15, 0.2) is 51.5 Å². The summed E-state index contributed by atoms with van der Waals surface area (Å²) in [5, 5.41) is 8.24. The topological polar surface area (TPSA) is 64.5 Å². The molecule has 130 valence electrons. The highest BCUT2D eigenvalue weighted by molar-refractivity contribution is 5.42. The summed E-state index contributed by atoms with van der Waals surface area (Å²) < 4.78 is 16.6. The zero-order chi connectivity index (χ0) is 17.1. The van der Waals surface area contributed by atoms with Gasteiger partial charge in [0.2, 0.25) is 5.89 Å². The van der Waals surface area contributed by atoms with E-state index < -0.39 is 0 Å². The van der Waals surface area contributed by atoms with Crippen LogP contribution in [0.4, 0.5) is 0 Å². The maximum Gasteiger partial charge on any atom is 0.283 e. The zero-order valence-electron chi connectivity index (χ0n) is 14.2. The minimum absolute atomic E-state index is 0.370. The average molecular weight is 339 g/mol. The summed E-state index contributed by atoms with van der Waals surface area (Å²) in [7, 11) is 0. The molecule has 0 bridgehead atoms. The third kappa shape index (κ3) is 3.44. The molecule has 0 spiro atoms. The number of nitrogens with zero attached hydrogens (tertiary/aromatic N) is 3. The molecule has 1 aliphatic rings. The first-order valence-electron chi connectivity index (χ1n) is 8.66. The molecular formula is C19H21N3O3. The number of aromatic nitrogens is 2. The van der Waals surface area contributed by atoms with Gasteiger partial charge in [-0.2, -0.15) is 0 Å². The predicted molar refractivity (Wildman–Crippen MR) is 92.0 cm³/mol. The lowest BCUT2D eigenvalue weighted by Gasteiger charge is -2.23. The lowest BCUT2D eigenvalue weighted by Crippen LogP contribution is -2.22. The molecule has 1 aliphatic heterocycles. The second kappa shape index (κ2) is 7.11. The molecule has 1 aromatic carbocycles. The van der Waals surface area contributed by atoms with Gasteiger partial charge in [-0.1, -0.05) is 12.1 Å². The molecule has 3 heterocycles.